The van der Waals surface area contributed by atoms with Gasteiger partial charge in [-0.25, -0.2) is 27.9 Å². The van der Waals surface area contributed by atoms with Crippen molar-refractivity contribution in [1.82, 2.24) is 15.2 Å². The minimum absolute atomic E-state index is 0.0120. The molecule has 3 amide bonds. The normalized spacial score (nSPS) is 12.1. The molecular weight excluding hydrogens is 585 g/mol. The molecule has 0 saturated carbocycles. The molecular formula is C29H37F2N4O7P. The summed E-state index contributed by atoms with van der Waals surface area (Å²) in [5.41, 5.74) is -0.0120. The molecule has 11 nitrogen and oxygen atoms in total. The third-order valence-corrected chi connectivity index (χ3v) is 8.00. The first-order valence-corrected chi connectivity index (χ1v) is 15.4. The molecule has 1 heterocycles. The molecule has 2 N–H and O–H groups in total. The molecule has 43 heavy (non-hydrogen) atoms. The summed E-state index contributed by atoms with van der Waals surface area (Å²) in [6.45, 7) is 3.33. The van der Waals surface area contributed by atoms with E-state index in [4.69, 9.17) is 18.3 Å². The van der Waals surface area contributed by atoms with Crippen LogP contribution in [-0.4, -0.2) is 61.5 Å². The van der Waals surface area contributed by atoms with E-state index in [-0.39, 0.29) is 38.5 Å². The summed E-state index contributed by atoms with van der Waals surface area (Å²) in [6.07, 6.45) is 2.18. The van der Waals surface area contributed by atoms with Gasteiger partial charge in [0, 0.05) is 30.7 Å². The Morgan fingerprint density at radius 2 is 1.72 bits per heavy atom. The highest BCUT2D eigenvalue weighted by Gasteiger charge is 2.26. The standard InChI is InChI=1S/C29H37F2N4O7P/c1-4-40-43(38,41-5-2)42-16-9-8-14-24(35(3)28(36)33-19-23-13-10-15-25(30)27(23)31)20-39-29(37)34-26-17-21-11-6-7-12-22(21)18-32-26/h6-7,10-13,15,17-18,24H,4-5,8-9,14,16,19-20H2,1-3H3,(H,33,36)(H,32,34,37)/t24-/m1/s1. The number of pyridine rings is 1. The molecule has 0 bridgehead atoms. The zero-order valence-electron chi connectivity index (χ0n) is 24.4. The number of anilines is 1. The minimum Gasteiger partial charge on any atom is -0.447 e. The summed E-state index contributed by atoms with van der Waals surface area (Å²) < 4.78 is 61.1. The molecule has 0 fully saturated rings. The number of hydrogen-bond donors (Lipinski definition) is 2. The summed E-state index contributed by atoms with van der Waals surface area (Å²) >= 11 is 0. The quantitative estimate of drug-likeness (QED) is 0.134. The van der Waals surface area contributed by atoms with Gasteiger partial charge in [0.25, 0.3) is 0 Å². The third-order valence-electron chi connectivity index (χ3n) is 6.35. The number of aromatic nitrogens is 1. The molecule has 0 spiro atoms. The number of rotatable bonds is 16. The van der Waals surface area contributed by atoms with Crippen LogP contribution in [-0.2, 0) is 29.4 Å². The Bertz CT molecular complexity index is 1400. The molecule has 1 atom stereocenters. The molecule has 0 aliphatic heterocycles. The number of phosphoric acid groups is 1. The molecule has 0 unspecified atom stereocenters. The summed E-state index contributed by atoms with van der Waals surface area (Å²) in [5.74, 6) is -1.76. The molecule has 0 saturated heterocycles. The van der Waals surface area contributed by atoms with Gasteiger partial charge in [0.1, 0.15) is 12.4 Å². The zero-order chi connectivity index (χ0) is 31.2. The van der Waals surface area contributed by atoms with Crippen molar-refractivity contribution in [3.63, 3.8) is 0 Å². The van der Waals surface area contributed by atoms with Crippen molar-refractivity contribution in [1.29, 1.82) is 0 Å². The first-order chi connectivity index (χ1) is 20.7. The van der Waals surface area contributed by atoms with Crippen molar-refractivity contribution in [3.05, 3.63) is 71.9 Å². The fourth-order valence-corrected chi connectivity index (χ4v) is 5.29. The Hall–Kier alpha value is -3.64. The van der Waals surface area contributed by atoms with Gasteiger partial charge < -0.3 is 15.0 Å². The van der Waals surface area contributed by atoms with Crippen LogP contribution in [0.25, 0.3) is 10.8 Å². The molecule has 2 aromatic carbocycles. The van der Waals surface area contributed by atoms with Crippen LogP contribution in [0.4, 0.5) is 24.2 Å². The van der Waals surface area contributed by atoms with Crippen LogP contribution in [0.2, 0.25) is 0 Å². The second-order valence-corrected chi connectivity index (χ2v) is 11.1. The summed E-state index contributed by atoms with van der Waals surface area (Å²) in [5, 5.41) is 6.94. The van der Waals surface area contributed by atoms with E-state index in [1.165, 1.54) is 24.1 Å². The van der Waals surface area contributed by atoms with Crippen molar-refractivity contribution >= 4 is 36.5 Å². The van der Waals surface area contributed by atoms with Gasteiger partial charge in [-0.2, -0.15) is 0 Å². The Balaban J connectivity index is 1.59. The maximum absolute atomic E-state index is 14.0. The number of carbonyl (C=O) groups excluding carboxylic acids is 2. The first-order valence-electron chi connectivity index (χ1n) is 13.9. The van der Waals surface area contributed by atoms with Crippen molar-refractivity contribution in [2.45, 2.75) is 45.7 Å². The predicted molar refractivity (Wildman–Crippen MR) is 158 cm³/mol. The molecule has 3 aromatic rings. The van der Waals surface area contributed by atoms with E-state index in [9.17, 15) is 22.9 Å². The number of phosphoric ester groups is 1. The number of nitrogens with zero attached hydrogens (tertiary/aromatic N) is 2. The number of fused-ring (bicyclic) bond motifs is 1. The summed E-state index contributed by atoms with van der Waals surface area (Å²) in [4.78, 5) is 31.0. The van der Waals surface area contributed by atoms with Crippen molar-refractivity contribution < 1.29 is 41.2 Å². The Labute approximate surface area is 249 Å². The monoisotopic (exact) mass is 622 g/mol. The van der Waals surface area contributed by atoms with E-state index in [0.717, 1.165) is 16.8 Å². The Morgan fingerprint density at radius 1 is 1.00 bits per heavy atom. The van der Waals surface area contributed by atoms with E-state index >= 15 is 0 Å². The lowest BCUT2D eigenvalue weighted by atomic mass is 10.1. The molecule has 0 radical (unpaired) electrons. The number of nitrogens with one attached hydrogen (secondary N) is 2. The second-order valence-electron chi connectivity index (χ2n) is 9.39. The van der Waals surface area contributed by atoms with Gasteiger partial charge >= 0.3 is 19.9 Å². The first kappa shape index (κ1) is 33.9. The van der Waals surface area contributed by atoms with E-state index in [0.29, 0.717) is 25.1 Å². The van der Waals surface area contributed by atoms with E-state index < -0.39 is 37.6 Å². The van der Waals surface area contributed by atoms with Crippen LogP contribution < -0.4 is 10.6 Å². The average molecular weight is 623 g/mol. The number of halogens is 2. The highest BCUT2D eigenvalue weighted by atomic mass is 31.2. The smallest absolute Gasteiger partial charge is 0.447 e. The highest BCUT2D eigenvalue weighted by molar-refractivity contribution is 7.48. The maximum atomic E-state index is 14.0. The minimum atomic E-state index is -3.65. The number of hydrogen-bond acceptors (Lipinski definition) is 8. The molecule has 1 aromatic heterocycles. The zero-order valence-corrected chi connectivity index (χ0v) is 25.3. The molecule has 0 aliphatic rings. The fourth-order valence-electron chi connectivity index (χ4n) is 4.09. The number of urea groups is 1. The average Bonchev–Trinajstić information content (AvgIpc) is 2.99. The van der Waals surface area contributed by atoms with Gasteiger partial charge in [-0.1, -0.05) is 36.4 Å². The van der Waals surface area contributed by atoms with E-state index in [2.05, 4.69) is 15.6 Å². The third kappa shape index (κ3) is 10.5. The fraction of sp³-hybridized carbons (Fsp3) is 0.414. The van der Waals surface area contributed by atoms with Gasteiger partial charge in [-0.3, -0.25) is 18.9 Å². The Morgan fingerprint density at radius 3 is 2.44 bits per heavy atom. The molecule has 3 rings (SSSR count). The largest absolute Gasteiger partial charge is 0.474 e. The Kier molecular flexibility index (Phi) is 13.3. The molecule has 14 heteroatoms. The van der Waals surface area contributed by atoms with Crippen LogP contribution in [0, 0.1) is 11.6 Å². The molecule has 234 valence electrons. The molecule has 0 aliphatic carbocycles. The van der Waals surface area contributed by atoms with Crippen LogP contribution >= 0.6 is 7.82 Å². The van der Waals surface area contributed by atoms with E-state index in [1.807, 2.05) is 24.3 Å². The van der Waals surface area contributed by atoms with Gasteiger partial charge in [0.05, 0.1) is 25.9 Å². The van der Waals surface area contributed by atoms with Gasteiger partial charge in [0.2, 0.25) is 0 Å². The number of benzene rings is 2. The number of carbonyl (C=O) groups is 2. The lowest BCUT2D eigenvalue weighted by Gasteiger charge is -2.28. The number of ether oxygens (including phenoxy) is 1. The van der Waals surface area contributed by atoms with E-state index in [1.54, 1.807) is 26.1 Å². The van der Waals surface area contributed by atoms with Crippen LogP contribution in [0.1, 0.15) is 38.7 Å². The SMILES string of the molecule is CCOP(=O)(OCC)OCCCC[C@H](COC(=O)Nc1cc2ccccc2cn1)N(C)C(=O)NCc1cccc(F)c1F. The van der Waals surface area contributed by atoms with Crippen LogP contribution in [0.5, 0.6) is 0 Å². The predicted octanol–water partition coefficient (Wildman–Crippen LogP) is 6.64. The van der Waals surface area contributed by atoms with Crippen LogP contribution in [0.3, 0.4) is 0 Å². The number of likely N-dealkylation sites (N-methyl/N-ethyl adjacent to an activating group) is 1. The second kappa shape index (κ2) is 16.9. The lowest BCUT2D eigenvalue weighted by Crippen LogP contribution is -2.46. The topological polar surface area (TPSA) is 128 Å². The summed E-state index contributed by atoms with van der Waals surface area (Å²) in [6, 6.07) is 11.8. The van der Waals surface area contributed by atoms with Gasteiger partial charge in [-0.05, 0) is 50.6 Å². The number of amides is 3. The number of unbranched alkanes of at least 4 members (excludes halogenated alkanes) is 1. The maximum Gasteiger partial charge on any atom is 0.474 e. The van der Waals surface area contributed by atoms with Crippen molar-refractivity contribution in [2.24, 2.45) is 0 Å². The highest BCUT2D eigenvalue weighted by Crippen LogP contribution is 2.49. The van der Waals surface area contributed by atoms with Crippen molar-refractivity contribution in [2.75, 3.05) is 38.8 Å². The summed E-state index contributed by atoms with van der Waals surface area (Å²) in [7, 11) is -2.15. The van der Waals surface area contributed by atoms with Gasteiger partial charge in [-0.15, -0.1) is 0 Å². The van der Waals surface area contributed by atoms with Crippen LogP contribution in [0.15, 0.2) is 54.7 Å². The van der Waals surface area contributed by atoms with Crippen molar-refractivity contribution in [3.8, 4) is 0 Å². The lowest BCUT2D eigenvalue weighted by molar-refractivity contribution is 0.107. The van der Waals surface area contributed by atoms with Gasteiger partial charge in [0.15, 0.2) is 11.6 Å².